The van der Waals surface area contributed by atoms with Crippen LogP contribution in [0.1, 0.15) is 13.8 Å². The first-order chi connectivity index (χ1) is 2.94. The van der Waals surface area contributed by atoms with Crippen LogP contribution in [0.2, 0.25) is 0 Å². The molecule has 0 aliphatic carbocycles. The Hall–Kier alpha value is 1.06. The second kappa shape index (κ2) is 2.56. The average molecular weight is 206 g/mol. The molecule has 0 heterocycles. The van der Waals surface area contributed by atoms with Crippen molar-refractivity contribution in [2.45, 2.75) is 23.0 Å². The van der Waals surface area contributed by atoms with E-state index in [9.17, 15) is 0 Å². The van der Waals surface area contributed by atoms with Crippen molar-refractivity contribution < 1.29 is 0 Å². The van der Waals surface area contributed by atoms with Crippen LogP contribution in [0.3, 0.4) is 0 Å². The quantitative estimate of drug-likeness (QED) is 0.578. The number of hydrogen-bond acceptors (Lipinski definition) is 0. The van der Waals surface area contributed by atoms with E-state index in [4.69, 9.17) is 23.2 Å². The Balaban J connectivity index is 3.54. The van der Waals surface area contributed by atoms with Crippen molar-refractivity contribution in [3.63, 3.8) is 0 Å². The minimum atomic E-state index is -0.450. The molecule has 0 saturated carbocycles. The number of halogens is 3. The number of hydrogen-bond donors (Lipinski definition) is 0. The predicted octanol–water partition coefficient (Wildman–Crippen LogP) is 2.96. The first-order valence-corrected chi connectivity index (χ1v) is 3.57. The van der Waals surface area contributed by atoms with Crippen LogP contribution in [0.5, 0.6) is 0 Å². The summed E-state index contributed by atoms with van der Waals surface area (Å²) >= 11 is 14.4. The van der Waals surface area contributed by atoms with Crippen molar-refractivity contribution in [2.24, 2.45) is 0 Å². The highest BCUT2D eigenvalue weighted by Crippen LogP contribution is 2.29. The predicted molar refractivity (Wildman–Crippen MR) is 38.5 cm³/mol. The van der Waals surface area contributed by atoms with Gasteiger partial charge in [0.05, 0.1) is 5.38 Å². The van der Waals surface area contributed by atoms with E-state index >= 15 is 0 Å². The van der Waals surface area contributed by atoms with Gasteiger partial charge in [-0.1, -0.05) is 15.9 Å². The summed E-state index contributed by atoms with van der Waals surface area (Å²) < 4.78 is -0.450. The standard InChI is InChI=1S/C4H7BrCl2/c1-3(6)4(2,5)7/h3H,1-2H3. The Morgan fingerprint density at radius 2 is 1.86 bits per heavy atom. The number of alkyl halides is 3. The Morgan fingerprint density at radius 1 is 1.71 bits per heavy atom. The zero-order chi connectivity index (χ0) is 6.08. The van der Waals surface area contributed by atoms with Gasteiger partial charge in [0.15, 0.2) is 0 Å². The smallest absolute Gasteiger partial charge is 0.112 e. The van der Waals surface area contributed by atoms with Gasteiger partial charge in [-0.2, -0.15) is 0 Å². The summed E-state index contributed by atoms with van der Waals surface area (Å²) in [5.41, 5.74) is 0. The summed E-state index contributed by atoms with van der Waals surface area (Å²) in [5.74, 6) is 0. The van der Waals surface area contributed by atoms with E-state index in [1.54, 1.807) is 0 Å². The molecule has 0 bridgehead atoms. The van der Waals surface area contributed by atoms with Crippen LogP contribution in [0.15, 0.2) is 0 Å². The summed E-state index contributed by atoms with van der Waals surface area (Å²) in [6.45, 7) is 3.65. The third-order valence-electron chi connectivity index (χ3n) is 0.698. The third-order valence-corrected chi connectivity index (χ3v) is 2.52. The fourth-order valence-corrected chi connectivity index (χ4v) is 0. The lowest BCUT2D eigenvalue weighted by molar-refractivity contribution is 0.860. The molecule has 0 radical (unpaired) electrons. The Kier molecular flexibility index (Phi) is 2.95. The van der Waals surface area contributed by atoms with E-state index in [0.29, 0.717) is 0 Å². The largest absolute Gasteiger partial charge is 0.120 e. The van der Waals surface area contributed by atoms with Crippen molar-refractivity contribution in [3.8, 4) is 0 Å². The van der Waals surface area contributed by atoms with Crippen LogP contribution < -0.4 is 0 Å². The zero-order valence-electron chi connectivity index (χ0n) is 4.21. The van der Waals surface area contributed by atoms with E-state index in [2.05, 4.69) is 15.9 Å². The molecule has 7 heavy (non-hydrogen) atoms. The second-order valence-electron chi connectivity index (χ2n) is 1.57. The van der Waals surface area contributed by atoms with E-state index in [1.807, 2.05) is 13.8 Å². The summed E-state index contributed by atoms with van der Waals surface area (Å²) in [4.78, 5) is 0. The minimum absolute atomic E-state index is 0.0471. The van der Waals surface area contributed by atoms with Gasteiger partial charge < -0.3 is 0 Å². The SMILES string of the molecule is CC(Cl)C(C)(Cl)Br. The van der Waals surface area contributed by atoms with E-state index in [-0.39, 0.29) is 5.38 Å². The van der Waals surface area contributed by atoms with E-state index < -0.39 is 3.78 Å². The molecule has 2 unspecified atom stereocenters. The molecular weight excluding hydrogens is 199 g/mol. The fraction of sp³-hybridized carbons (Fsp3) is 1.00. The first-order valence-electron chi connectivity index (χ1n) is 1.96. The molecule has 0 N–H and O–H groups in total. The monoisotopic (exact) mass is 204 g/mol. The summed E-state index contributed by atoms with van der Waals surface area (Å²) in [6, 6.07) is 0. The summed E-state index contributed by atoms with van der Waals surface area (Å²) in [6.07, 6.45) is 0. The van der Waals surface area contributed by atoms with Gasteiger partial charge in [0.2, 0.25) is 0 Å². The summed E-state index contributed by atoms with van der Waals surface area (Å²) in [5, 5.41) is -0.0471. The van der Waals surface area contributed by atoms with E-state index in [1.165, 1.54) is 0 Å². The molecule has 0 aromatic carbocycles. The fourth-order valence-electron chi connectivity index (χ4n) is 0. The van der Waals surface area contributed by atoms with Gasteiger partial charge >= 0.3 is 0 Å². The molecule has 0 saturated heterocycles. The van der Waals surface area contributed by atoms with Crippen molar-refractivity contribution in [1.82, 2.24) is 0 Å². The first kappa shape index (κ1) is 8.06. The topological polar surface area (TPSA) is 0 Å². The van der Waals surface area contributed by atoms with Gasteiger partial charge in [-0.25, -0.2) is 0 Å². The lowest BCUT2D eigenvalue weighted by atomic mass is 10.4. The molecule has 0 amide bonds. The minimum Gasteiger partial charge on any atom is -0.120 e. The highest BCUT2D eigenvalue weighted by atomic mass is 79.9. The zero-order valence-corrected chi connectivity index (χ0v) is 7.31. The normalized spacial score (nSPS) is 23.6. The van der Waals surface area contributed by atoms with Gasteiger partial charge in [0.1, 0.15) is 3.78 Å². The molecule has 0 aliphatic heterocycles. The van der Waals surface area contributed by atoms with Crippen molar-refractivity contribution in [1.29, 1.82) is 0 Å². The molecule has 2 atom stereocenters. The molecule has 0 fully saturated rings. The lowest BCUT2D eigenvalue weighted by Gasteiger charge is -2.14. The number of rotatable bonds is 1. The molecule has 0 aromatic heterocycles. The second-order valence-corrected chi connectivity index (χ2v) is 5.12. The Labute approximate surface area is 62.3 Å². The maximum absolute atomic E-state index is 5.65. The lowest BCUT2D eigenvalue weighted by Crippen LogP contribution is -2.17. The van der Waals surface area contributed by atoms with Crippen LogP contribution in [-0.4, -0.2) is 9.16 Å². The maximum atomic E-state index is 5.65. The Bertz CT molecular complexity index is 55.2. The van der Waals surface area contributed by atoms with Crippen LogP contribution in [0, 0.1) is 0 Å². The van der Waals surface area contributed by atoms with Gasteiger partial charge in [0, 0.05) is 0 Å². The van der Waals surface area contributed by atoms with E-state index in [0.717, 1.165) is 0 Å². The van der Waals surface area contributed by atoms with Crippen LogP contribution in [-0.2, 0) is 0 Å². The molecule has 0 rings (SSSR count). The van der Waals surface area contributed by atoms with Crippen LogP contribution in [0.25, 0.3) is 0 Å². The molecular formula is C4H7BrCl2. The third kappa shape index (κ3) is 3.63. The van der Waals surface area contributed by atoms with Crippen LogP contribution >= 0.6 is 39.1 Å². The van der Waals surface area contributed by atoms with Crippen LogP contribution in [0.4, 0.5) is 0 Å². The molecule has 3 heteroatoms. The molecule has 0 aromatic rings. The molecule has 0 nitrogen and oxygen atoms in total. The Morgan fingerprint density at radius 3 is 1.86 bits per heavy atom. The maximum Gasteiger partial charge on any atom is 0.112 e. The summed E-state index contributed by atoms with van der Waals surface area (Å²) in [7, 11) is 0. The molecule has 0 spiro atoms. The van der Waals surface area contributed by atoms with Gasteiger partial charge in [0.25, 0.3) is 0 Å². The molecule has 0 aliphatic rings. The highest BCUT2D eigenvalue weighted by Gasteiger charge is 2.21. The average Bonchev–Trinajstić information content (AvgIpc) is 1.31. The van der Waals surface area contributed by atoms with Gasteiger partial charge in [-0.15, -0.1) is 23.2 Å². The van der Waals surface area contributed by atoms with Crippen molar-refractivity contribution >= 4 is 39.1 Å². The highest BCUT2D eigenvalue weighted by molar-refractivity contribution is 9.10. The molecule has 44 valence electrons. The van der Waals surface area contributed by atoms with Crippen molar-refractivity contribution in [3.05, 3.63) is 0 Å². The van der Waals surface area contributed by atoms with Crippen molar-refractivity contribution in [2.75, 3.05) is 0 Å². The van der Waals surface area contributed by atoms with Gasteiger partial charge in [-0.05, 0) is 13.8 Å². The van der Waals surface area contributed by atoms with Gasteiger partial charge in [-0.3, -0.25) is 0 Å².